The minimum atomic E-state index is 0.0517. The largest absolute Gasteiger partial charge is 0.353 e. The predicted molar refractivity (Wildman–Crippen MR) is 130 cm³/mol. The van der Waals surface area contributed by atoms with E-state index in [2.05, 4.69) is 22.5 Å². The number of fused-ring (bicyclic) bond motifs is 1. The molecule has 0 aliphatic heterocycles. The zero-order valence-electron chi connectivity index (χ0n) is 16.6. The van der Waals surface area contributed by atoms with E-state index >= 15 is 0 Å². The Balaban J connectivity index is 1.71. The first kappa shape index (κ1) is 20.2. The van der Waals surface area contributed by atoms with E-state index in [0.29, 0.717) is 10.0 Å². The Morgan fingerprint density at radius 3 is 2.16 bits per heavy atom. The number of hydrogen-bond acceptors (Lipinski definition) is 1. The van der Waals surface area contributed by atoms with Crippen molar-refractivity contribution in [3.05, 3.63) is 99.8 Å². The molecule has 0 spiro atoms. The van der Waals surface area contributed by atoms with Crippen LogP contribution in [0.4, 0.5) is 0 Å². The summed E-state index contributed by atoms with van der Waals surface area (Å²) in [5, 5.41) is 3.20. The van der Waals surface area contributed by atoms with Crippen LogP contribution in [0.5, 0.6) is 0 Å². The first-order chi connectivity index (χ1) is 15.0. The molecule has 0 amide bonds. The van der Waals surface area contributed by atoms with Gasteiger partial charge in [0.2, 0.25) is 0 Å². The summed E-state index contributed by atoms with van der Waals surface area (Å²) < 4.78 is 2.18. The predicted octanol–water partition coefficient (Wildman–Crippen LogP) is 8.27. The van der Waals surface area contributed by atoms with Gasteiger partial charge in [-0.1, -0.05) is 65.1 Å². The second-order valence-electron chi connectivity index (χ2n) is 7.50. The number of H-pyrrole nitrogens is 1. The normalized spacial score (nSPS) is 12.4. The van der Waals surface area contributed by atoms with Gasteiger partial charge in [0.25, 0.3) is 0 Å². The fourth-order valence-corrected chi connectivity index (χ4v) is 4.29. The van der Waals surface area contributed by atoms with Crippen LogP contribution in [0.2, 0.25) is 15.1 Å². The summed E-state index contributed by atoms with van der Waals surface area (Å²) in [6.45, 7) is 2.15. The van der Waals surface area contributed by atoms with E-state index in [4.69, 9.17) is 39.8 Å². The smallest absolute Gasteiger partial charge is 0.0978 e. The highest BCUT2D eigenvalue weighted by molar-refractivity contribution is 6.31. The molecule has 0 aliphatic carbocycles. The van der Waals surface area contributed by atoms with E-state index in [0.717, 1.165) is 44.1 Å². The molecule has 0 saturated carbocycles. The molecule has 154 valence electrons. The zero-order chi connectivity index (χ0) is 21.5. The number of aromatic amines is 1. The number of nitrogens with one attached hydrogen (secondary N) is 1. The highest BCUT2D eigenvalue weighted by atomic mass is 35.5. The Hall–Kier alpha value is -2.72. The van der Waals surface area contributed by atoms with Crippen molar-refractivity contribution >= 4 is 45.7 Å². The van der Waals surface area contributed by atoms with Crippen LogP contribution in [0.3, 0.4) is 0 Å². The third-order valence-electron chi connectivity index (χ3n) is 5.52. The molecule has 0 fully saturated rings. The number of imidazole rings is 1. The highest BCUT2D eigenvalue weighted by Crippen LogP contribution is 2.36. The lowest BCUT2D eigenvalue weighted by atomic mass is 10.1. The van der Waals surface area contributed by atoms with E-state index in [-0.39, 0.29) is 6.04 Å². The number of halogens is 3. The van der Waals surface area contributed by atoms with Crippen LogP contribution in [0.1, 0.15) is 18.5 Å². The average Bonchev–Trinajstić information content (AvgIpc) is 3.38. The first-order valence-electron chi connectivity index (χ1n) is 9.86. The highest BCUT2D eigenvalue weighted by Gasteiger charge is 2.21. The van der Waals surface area contributed by atoms with Gasteiger partial charge in [-0.3, -0.25) is 0 Å². The molecule has 0 aliphatic rings. The van der Waals surface area contributed by atoms with Crippen molar-refractivity contribution < 1.29 is 0 Å². The molecule has 0 radical (unpaired) electrons. The molecular weight excluding hydrogens is 449 g/mol. The summed E-state index contributed by atoms with van der Waals surface area (Å²) in [6.07, 6.45) is 1.89. The summed E-state index contributed by atoms with van der Waals surface area (Å²) in [4.78, 5) is 8.32. The number of benzene rings is 3. The first-order valence-corrected chi connectivity index (χ1v) is 11.0. The molecule has 0 unspecified atom stereocenters. The third kappa shape index (κ3) is 3.85. The summed E-state index contributed by atoms with van der Waals surface area (Å²) in [5.41, 5.74) is 5.98. The van der Waals surface area contributed by atoms with Crippen LogP contribution >= 0.6 is 34.8 Å². The van der Waals surface area contributed by atoms with Crippen molar-refractivity contribution in [2.24, 2.45) is 0 Å². The maximum absolute atomic E-state index is 6.21. The fourth-order valence-electron chi connectivity index (χ4n) is 3.87. The van der Waals surface area contributed by atoms with Gasteiger partial charge in [-0.15, -0.1) is 0 Å². The molecule has 5 rings (SSSR count). The van der Waals surface area contributed by atoms with E-state index in [1.54, 1.807) is 0 Å². The summed E-state index contributed by atoms with van der Waals surface area (Å²) in [7, 11) is 0. The molecule has 1 N–H and O–H groups in total. The lowest BCUT2D eigenvalue weighted by Crippen LogP contribution is -2.07. The third-order valence-corrected chi connectivity index (χ3v) is 6.26. The van der Waals surface area contributed by atoms with Gasteiger partial charge in [0.15, 0.2) is 0 Å². The van der Waals surface area contributed by atoms with Crippen LogP contribution in [0.15, 0.2) is 79.1 Å². The minimum Gasteiger partial charge on any atom is -0.353 e. The molecule has 6 heteroatoms. The van der Waals surface area contributed by atoms with Gasteiger partial charge < -0.3 is 9.55 Å². The van der Waals surface area contributed by atoms with Crippen molar-refractivity contribution in [2.45, 2.75) is 13.0 Å². The molecule has 0 bridgehead atoms. The van der Waals surface area contributed by atoms with Gasteiger partial charge in [0.05, 0.1) is 29.5 Å². The van der Waals surface area contributed by atoms with Gasteiger partial charge in [-0.25, -0.2) is 4.98 Å². The zero-order valence-corrected chi connectivity index (χ0v) is 18.9. The molecule has 31 heavy (non-hydrogen) atoms. The molecule has 2 heterocycles. The second kappa shape index (κ2) is 8.08. The average molecular weight is 467 g/mol. The maximum Gasteiger partial charge on any atom is 0.0978 e. The molecule has 3 nitrogen and oxygen atoms in total. The number of hydrogen-bond donors (Lipinski definition) is 1. The molecule has 2 aromatic heterocycles. The van der Waals surface area contributed by atoms with Crippen molar-refractivity contribution in [3.63, 3.8) is 0 Å². The molecule has 0 saturated heterocycles. The summed E-state index contributed by atoms with van der Waals surface area (Å²) >= 11 is 18.4. The Labute approximate surface area is 195 Å². The number of rotatable bonds is 4. The fraction of sp³-hybridized carbons (Fsp3) is 0.0800. The Bertz CT molecular complexity index is 1370. The lowest BCUT2D eigenvalue weighted by molar-refractivity contribution is 0.644. The SMILES string of the molecule is C[C@H](c1ccc(Cl)cc1)n1cnc(-c2ccc(Cl)cc2)c1-c1cc2ccc(Cl)cc2[nH]1. The van der Waals surface area contributed by atoms with Gasteiger partial charge in [0, 0.05) is 31.5 Å². The van der Waals surface area contributed by atoms with E-state index in [9.17, 15) is 0 Å². The van der Waals surface area contributed by atoms with Crippen molar-refractivity contribution in [3.8, 4) is 22.6 Å². The van der Waals surface area contributed by atoms with Crippen molar-refractivity contribution in [1.82, 2.24) is 14.5 Å². The second-order valence-corrected chi connectivity index (χ2v) is 8.81. The molecule has 5 aromatic rings. The van der Waals surface area contributed by atoms with Crippen LogP contribution in [-0.4, -0.2) is 14.5 Å². The van der Waals surface area contributed by atoms with Gasteiger partial charge in [0.1, 0.15) is 0 Å². The van der Waals surface area contributed by atoms with Gasteiger partial charge >= 0.3 is 0 Å². The van der Waals surface area contributed by atoms with Crippen LogP contribution in [0.25, 0.3) is 33.5 Å². The van der Waals surface area contributed by atoms with Crippen molar-refractivity contribution in [1.29, 1.82) is 0 Å². The minimum absolute atomic E-state index is 0.0517. The van der Waals surface area contributed by atoms with E-state index in [1.165, 1.54) is 0 Å². The Morgan fingerprint density at radius 1 is 0.806 bits per heavy atom. The van der Waals surface area contributed by atoms with Gasteiger partial charge in [-0.05, 0) is 55.0 Å². The number of aromatic nitrogens is 3. The standard InChI is InChI=1S/C25H18Cl3N3/c1-15(16-2-7-19(26)8-3-16)31-14-29-24(17-4-9-20(27)10-5-17)25(31)23-12-18-6-11-21(28)13-22(18)30-23/h2-15,30H,1H3/t15-/m1/s1. The van der Waals surface area contributed by atoms with Gasteiger partial charge in [-0.2, -0.15) is 0 Å². The van der Waals surface area contributed by atoms with Crippen LogP contribution in [-0.2, 0) is 0 Å². The van der Waals surface area contributed by atoms with E-state index in [1.807, 2.05) is 73.1 Å². The van der Waals surface area contributed by atoms with Crippen LogP contribution in [0, 0.1) is 0 Å². The van der Waals surface area contributed by atoms with E-state index < -0.39 is 0 Å². The number of nitrogens with zero attached hydrogens (tertiary/aromatic N) is 2. The molecular formula is C25H18Cl3N3. The van der Waals surface area contributed by atoms with Crippen LogP contribution < -0.4 is 0 Å². The lowest BCUT2D eigenvalue weighted by Gasteiger charge is -2.18. The maximum atomic E-state index is 6.21. The summed E-state index contributed by atoms with van der Waals surface area (Å²) in [6, 6.07) is 23.7. The monoisotopic (exact) mass is 465 g/mol. The molecule has 3 aromatic carbocycles. The topological polar surface area (TPSA) is 33.6 Å². The quantitative estimate of drug-likeness (QED) is 0.284. The molecule has 1 atom stereocenters. The Kier molecular flexibility index (Phi) is 5.27. The Morgan fingerprint density at radius 2 is 1.45 bits per heavy atom. The van der Waals surface area contributed by atoms with Crippen molar-refractivity contribution in [2.75, 3.05) is 0 Å². The summed E-state index contributed by atoms with van der Waals surface area (Å²) in [5.74, 6) is 0.